The van der Waals surface area contributed by atoms with E-state index in [0.717, 1.165) is 16.5 Å². The Morgan fingerprint density at radius 1 is 1.40 bits per heavy atom. The lowest BCUT2D eigenvalue weighted by atomic mass is 9.93. The van der Waals surface area contributed by atoms with Crippen LogP contribution in [0.5, 0.6) is 0 Å². The number of hydrogen-bond acceptors (Lipinski definition) is 3. The van der Waals surface area contributed by atoms with E-state index in [1.165, 1.54) is 7.11 Å². The Morgan fingerprint density at radius 3 is 2.70 bits per heavy atom. The first-order valence-electron chi connectivity index (χ1n) is 6.33. The molecule has 106 valence electrons. The summed E-state index contributed by atoms with van der Waals surface area (Å²) in [6, 6.07) is 7.78. The van der Waals surface area contributed by atoms with E-state index in [9.17, 15) is 4.79 Å². The molecule has 0 saturated carbocycles. The zero-order valence-corrected chi connectivity index (χ0v) is 12.7. The fourth-order valence-corrected chi connectivity index (χ4v) is 2.52. The molecule has 2 rings (SSSR count). The monoisotopic (exact) mass is 290 g/mol. The van der Waals surface area contributed by atoms with Gasteiger partial charge in [-0.2, -0.15) is 0 Å². The Kier molecular flexibility index (Phi) is 3.81. The molecule has 1 aromatic carbocycles. The molecule has 4 nitrogen and oxygen atoms in total. The molecular weight excluding hydrogens is 272 g/mol. The van der Waals surface area contributed by atoms with Gasteiger partial charge in [0.15, 0.2) is 0 Å². The minimum atomic E-state index is -0.597. The topological polar surface area (TPSA) is 57.2 Å². The summed E-state index contributed by atoms with van der Waals surface area (Å²) in [4.78, 5) is 12.2. The highest BCUT2D eigenvalue weighted by molar-refractivity contribution is 7.80. The van der Waals surface area contributed by atoms with Crippen molar-refractivity contribution in [2.75, 3.05) is 7.11 Å². The number of benzene rings is 1. The molecule has 5 heteroatoms. The number of carbonyl (C=O) groups excluding carboxylic acids is 1. The number of carbonyl (C=O) groups is 1. The van der Waals surface area contributed by atoms with Crippen LogP contribution in [0, 0.1) is 5.41 Å². The van der Waals surface area contributed by atoms with Crippen molar-refractivity contribution in [1.29, 1.82) is 0 Å². The van der Waals surface area contributed by atoms with Gasteiger partial charge in [-0.1, -0.05) is 24.4 Å². The van der Waals surface area contributed by atoms with Gasteiger partial charge in [0.1, 0.15) is 4.99 Å². The van der Waals surface area contributed by atoms with Crippen LogP contribution in [0.2, 0.25) is 0 Å². The molecule has 20 heavy (non-hydrogen) atoms. The van der Waals surface area contributed by atoms with Gasteiger partial charge in [-0.25, -0.2) is 0 Å². The number of rotatable bonds is 4. The van der Waals surface area contributed by atoms with Crippen molar-refractivity contribution in [3.63, 3.8) is 0 Å². The highest BCUT2D eigenvalue weighted by Crippen LogP contribution is 2.26. The van der Waals surface area contributed by atoms with Gasteiger partial charge < -0.3 is 15.0 Å². The molecule has 0 unspecified atom stereocenters. The summed E-state index contributed by atoms with van der Waals surface area (Å²) in [5, 5.41) is 1.00. The molecule has 0 spiro atoms. The minimum absolute atomic E-state index is 0.232. The molecule has 2 N–H and O–H groups in total. The van der Waals surface area contributed by atoms with Gasteiger partial charge >= 0.3 is 5.97 Å². The Morgan fingerprint density at radius 2 is 2.10 bits per heavy atom. The van der Waals surface area contributed by atoms with Gasteiger partial charge in [-0.3, -0.25) is 4.79 Å². The number of fused-ring (bicyclic) bond motifs is 1. The lowest BCUT2D eigenvalue weighted by Crippen LogP contribution is -2.30. The first-order valence-corrected chi connectivity index (χ1v) is 6.74. The van der Waals surface area contributed by atoms with Crippen molar-refractivity contribution in [3.8, 4) is 0 Å². The number of thiocarbonyl (C=S) groups is 1. The van der Waals surface area contributed by atoms with Crippen molar-refractivity contribution >= 4 is 34.1 Å². The van der Waals surface area contributed by atoms with Crippen LogP contribution in [0.1, 0.15) is 19.4 Å². The number of nitrogens with zero attached hydrogens (tertiary/aromatic N) is 1. The van der Waals surface area contributed by atoms with Gasteiger partial charge in [0.05, 0.1) is 12.5 Å². The maximum Gasteiger partial charge on any atom is 0.313 e. The molecule has 0 bridgehead atoms. The minimum Gasteiger partial charge on any atom is -0.469 e. The number of hydrogen-bond donors (Lipinski definition) is 1. The molecule has 0 atom stereocenters. The standard InChI is InChI=1S/C15H18N2O2S/c1-15(2,14(18)19-3)9-17-8-7-10-11(13(16)20)5-4-6-12(10)17/h4-8H,9H2,1-3H3,(H2,16,20). The summed E-state index contributed by atoms with van der Waals surface area (Å²) >= 11 is 5.06. The van der Waals surface area contributed by atoms with E-state index < -0.39 is 5.41 Å². The molecule has 2 aromatic rings. The van der Waals surface area contributed by atoms with E-state index in [4.69, 9.17) is 22.7 Å². The first-order chi connectivity index (χ1) is 9.36. The average molecular weight is 290 g/mol. The molecule has 0 aliphatic carbocycles. The second-order valence-corrected chi connectivity index (χ2v) is 5.86. The third-order valence-electron chi connectivity index (χ3n) is 3.38. The largest absolute Gasteiger partial charge is 0.469 e. The third kappa shape index (κ3) is 2.54. The molecule has 0 radical (unpaired) electrons. The smallest absolute Gasteiger partial charge is 0.313 e. The molecule has 1 aromatic heterocycles. The van der Waals surface area contributed by atoms with Gasteiger partial charge in [-0.15, -0.1) is 0 Å². The molecule has 0 fully saturated rings. The van der Waals surface area contributed by atoms with Crippen molar-refractivity contribution < 1.29 is 9.53 Å². The maximum absolute atomic E-state index is 11.8. The summed E-state index contributed by atoms with van der Waals surface area (Å²) in [7, 11) is 1.41. The van der Waals surface area contributed by atoms with Crippen molar-refractivity contribution in [3.05, 3.63) is 36.0 Å². The van der Waals surface area contributed by atoms with E-state index in [-0.39, 0.29) is 5.97 Å². The Bertz CT molecular complexity index is 674. The lowest BCUT2D eigenvalue weighted by molar-refractivity contribution is -0.151. The predicted octanol–water partition coefficient (Wildman–Crippen LogP) is 2.47. The summed E-state index contributed by atoms with van der Waals surface area (Å²) in [5.41, 5.74) is 7.00. The van der Waals surface area contributed by atoms with Gasteiger partial charge in [-0.05, 0) is 26.0 Å². The second kappa shape index (κ2) is 5.25. The van der Waals surface area contributed by atoms with Crippen LogP contribution in [0.4, 0.5) is 0 Å². The van der Waals surface area contributed by atoms with E-state index >= 15 is 0 Å². The zero-order chi connectivity index (χ0) is 14.9. The van der Waals surface area contributed by atoms with Crippen LogP contribution in [0.3, 0.4) is 0 Å². The van der Waals surface area contributed by atoms with Crippen molar-refractivity contribution in [2.45, 2.75) is 20.4 Å². The molecule has 0 aliphatic heterocycles. The number of esters is 1. The lowest BCUT2D eigenvalue weighted by Gasteiger charge is -2.22. The molecular formula is C15H18N2O2S. The summed E-state index contributed by atoms with van der Waals surface area (Å²) in [6.45, 7) is 4.26. The van der Waals surface area contributed by atoms with Crippen LogP contribution in [-0.2, 0) is 16.1 Å². The van der Waals surface area contributed by atoms with E-state index in [0.29, 0.717) is 11.5 Å². The van der Waals surface area contributed by atoms with E-state index in [2.05, 4.69) is 0 Å². The van der Waals surface area contributed by atoms with Crippen LogP contribution in [0.25, 0.3) is 10.9 Å². The molecule has 0 aliphatic rings. The van der Waals surface area contributed by atoms with Crippen LogP contribution >= 0.6 is 12.2 Å². The van der Waals surface area contributed by atoms with Crippen LogP contribution < -0.4 is 5.73 Å². The Hall–Kier alpha value is -1.88. The number of ether oxygens (including phenoxy) is 1. The molecule has 0 saturated heterocycles. The number of methoxy groups -OCH3 is 1. The Balaban J connectivity index is 2.45. The van der Waals surface area contributed by atoms with Crippen LogP contribution in [-0.4, -0.2) is 22.6 Å². The van der Waals surface area contributed by atoms with Gasteiger partial charge in [0.25, 0.3) is 0 Å². The second-order valence-electron chi connectivity index (χ2n) is 5.42. The average Bonchev–Trinajstić information content (AvgIpc) is 2.80. The zero-order valence-electron chi connectivity index (χ0n) is 11.8. The fraction of sp³-hybridized carbons (Fsp3) is 0.333. The summed E-state index contributed by atoms with van der Waals surface area (Å²) < 4.78 is 6.87. The van der Waals surface area contributed by atoms with Crippen molar-refractivity contribution in [2.24, 2.45) is 11.1 Å². The maximum atomic E-state index is 11.8. The number of aromatic nitrogens is 1. The summed E-state index contributed by atoms with van der Waals surface area (Å²) in [5.74, 6) is -0.232. The fourth-order valence-electron chi connectivity index (χ4n) is 2.34. The quantitative estimate of drug-likeness (QED) is 0.694. The normalized spacial score (nSPS) is 11.6. The Labute approximate surface area is 123 Å². The van der Waals surface area contributed by atoms with Gasteiger partial charge in [0.2, 0.25) is 0 Å². The van der Waals surface area contributed by atoms with E-state index in [1.807, 2.05) is 48.9 Å². The first kappa shape index (κ1) is 14.5. The highest BCUT2D eigenvalue weighted by Gasteiger charge is 2.29. The third-order valence-corrected chi connectivity index (χ3v) is 3.60. The highest BCUT2D eigenvalue weighted by atomic mass is 32.1. The molecule has 0 amide bonds. The van der Waals surface area contributed by atoms with Crippen molar-refractivity contribution in [1.82, 2.24) is 4.57 Å². The van der Waals surface area contributed by atoms with Crippen LogP contribution in [0.15, 0.2) is 30.5 Å². The molecule has 1 heterocycles. The van der Waals surface area contributed by atoms with E-state index in [1.54, 1.807) is 0 Å². The number of nitrogens with two attached hydrogens (primary N) is 1. The SMILES string of the molecule is COC(=O)C(C)(C)Cn1ccc2c(C(N)=S)cccc21. The van der Waals surface area contributed by atoms with Gasteiger partial charge in [0, 0.05) is 29.2 Å². The summed E-state index contributed by atoms with van der Waals surface area (Å²) in [6.07, 6.45) is 1.94. The predicted molar refractivity (Wildman–Crippen MR) is 83.6 cm³/mol.